The molecule has 2 aromatic heterocycles. The summed E-state index contributed by atoms with van der Waals surface area (Å²) in [7, 11) is 1.93. The number of nitrogens with one attached hydrogen (secondary N) is 2. The van der Waals surface area contributed by atoms with Gasteiger partial charge in [0.1, 0.15) is 0 Å². The van der Waals surface area contributed by atoms with Gasteiger partial charge in [-0.2, -0.15) is 0 Å². The zero-order valence-electron chi connectivity index (χ0n) is 18.9. The Morgan fingerprint density at radius 1 is 0.912 bits per heavy atom. The molecule has 7 heteroatoms. The molecular formula is C27H25ClN6. The summed E-state index contributed by atoms with van der Waals surface area (Å²) in [5.41, 5.74) is 7.59. The first-order valence-electron chi connectivity index (χ1n) is 11.5. The fourth-order valence-corrected chi connectivity index (χ4v) is 4.97. The summed E-state index contributed by atoms with van der Waals surface area (Å²) in [5.74, 6) is 0. The number of aryl methyl sites for hydroxylation is 1. The van der Waals surface area contributed by atoms with Gasteiger partial charge in [-0.3, -0.25) is 15.0 Å². The first-order chi connectivity index (χ1) is 16.6. The van der Waals surface area contributed by atoms with Crippen molar-refractivity contribution >= 4 is 39.2 Å². The van der Waals surface area contributed by atoms with E-state index < -0.39 is 0 Å². The van der Waals surface area contributed by atoms with Crippen LogP contribution in [0.4, 0.5) is 5.69 Å². The highest BCUT2D eigenvalue weighted by atomic mass is 35.5. The lowest BCUT2D eigenvalue weighted by Crippen LogP contribution is -2.43. The number of anilines is 1. The maximum absolute atomic E-state index is 8.95. The van der Waals surface area contributed by atoms with Crippen LogP contribution < -0.4 is 15.8 Å². The van der Waals surface area contributed by atoms with Crippen LogP contribution in [0, 0.1) is 5.41 Å². The van der Waals surface area contributed by atoms with E-state index in [2.05, 4.69) is 52.7 Å². The number of rotatable bonds is 3. The fraction of sp³-hybridized carbons (Fsp3) is 0.185. The summed E-state index contributed by atoms with van der Waals surface area (Å²) < 4.78 is 3.94. The first kappa shape index (κ1) is 21.0. The number of fused-ring (bicyclic) bond motifs is 3. The number of aromatic nitrogens is 3. The largest absolute Gasteiger partial charge is 0.369 e. The number of hydrogen-bond donors (Lipinski definition) is 2. The van der Waals surface area contributed by atoms with Gasteiger partial charge in [0.05, 0.1) is 28.4 Å². The minimum Gasteiger partial charge on any atom is -0.369 e. The lowest BCUT2D eigenvalue weighted by Gasteiger charge is -2.29. The van der Waals surface area contributed by atoms with Gasteiger partial charge in [-0.05, 0) is 53.6 Å². The smallest absolute Gasteiger partial charge is 0.207 e. The molecule has 0 spiro atoms. The molecule has 0 atom stereocenters. The van der Waals surface area contributed by atoms with Crippen molar-refractivity contribution in [3.8, 4) is 16.8 Å². The number of piperazine rings is 1. The summed E-state index contributed by atoms with van der Waals surface area (Å²) in [6.07, 6.45) is 1.87. The van der Waals surface area contributed by atoms with Crippen LogP contribution in [0.15, 0.2) is 72.9 Å². The zero-order valence-corrected chi connectivity index (χ0v) is 19.7. The number of pyridine rings is 1. The van der Waals surface area contributed by atoms with E-state index in [-0.39, 0.29) is 0 Å². The third kappa shape index (κ3) is 3.47. The number of halogens is 1. The van der Waals surface area contributed by atoms with Gasteiger partial charge in [-0.1, -0.05) is 35.9 Å². The summed E-state index contributed by atoms with van der Waals surface area (Å²) in [6, 6.07) is 22.7. The van der Waals surface area contributed by atoms with Crippen LogP contribution in [-0.2, 0) is 7.05 Å². The molecular weight excluding hydrogens is 444 g/mol. The Hall–Kier alpha value is -3.61. The van der Waals surface area contributed by atoms with Crippen molar-refractivity contribution in [3.05, 3.63) is 83.6 Å². The molecule has 6 nitrogen and oxygen atoms in total. The monoisotopic (exact) mass is 468 g/mol. The van der Waals surface area contributed by atoms with Crippen LogP contribution in [0.2, 0.25) is 5.02 Å². The summed E-state index contributed by atoms with van der Waals surface area (Å²) in [6.45, 7) is 3.93. The number of nitrogens with zero attached hydrogens (tertiary/aromatic N) is 4. The van der Waals surface area contributed by atoms with Gasteiger partial charge >= 0.3 is 0 Å². The Kier molecular flexibility index (Phi) is 5.12. The molecule has 5 aromatic rings. The average molecular weight is 469 g/mol. The predicted molar refractivity (Wildman–Crippen MR) is 139 cm³/mol. The van der Waals surface area contributed by atoms with Gasteiger partial charge in [0.15, 0.2) is 0 Å². The highest BCUT2D eigenvalue weighted by molar-refractivity contribution is 6.30. The normalized spacial score (nSPS) is 14.2. The van der Waals surface area contributed by atoms with E-state index >= 15 is 0 Å². The molecule has 1 saturated heterocycles. The Labute approximate surface area is 202 Å². The van der Waals surface area contributed by atoms with E-state index in [1.165, 1.54) is 5.69 Å². The maximum atomic E-state index is 8.95. The molecule has 170 valence electrons. The predicted octanol–water partition coefficient (Wildman–Crippen LogP) is 4.73. The molecule has 0 amide bonds. The van der Waals surface area contributed by atoms with E-state index in [1.54, 1.807) is 0 Å². The van der Waals surface area contributed by atoms with E-state index in [0.29, 0.717) is 5.62 Å². The highest BCUT2D eigenvalue weighted by Crippen LogP contribution is 2.31. The second kappa shape index (κ2) is 8.31. The molecule has 0 unspecified atom stereocenters. The second-order valence-corrected chi connectivity index (χ2v) is 9.14. The molecule has 0 saturated carbocycles. The molecule has 1 fully saturated rings. The third-order valence-electron chi connectivity index (χ3n) is 6.68. The standard InChI is InChI=1S/C27H25ClN6/c1-32-25-17-31-24-10-7-19(18-5-8-20(28)9-6-18)15-23(24)26(25)34(27(32)29)22-4-2-3-21(16-22)33-13-11-30-12-14-33/h2-10,15-17,29-30H,11-14H2,1H3. The lowest BCUT2D eigenvalue weighted by molar-refractivity contribution is 0.589. The number of hydrogen-bond acceptors (Lipinski definition) is 4. The van der Waals surface area contributed by atoms with E-state index in [9.17, 15) is 0 Å². The molecule has 0 bridgehead atoms. The molecule has 1 aliphatic heterocycles. The summed E-state index contributed by atoms with van der Waals surface area (Å²) >= 11 is 6.11. The van der Waals surface area contributed by atoms with Crippen molar-refractivity contribution in [2.45, 2.75) is 0 Å². The molecule has 6 rings (SSSR count). The molecule has 0 aliphatic carbocycles. The van der Waals surface area contributed by atoms with Crippen LogP contribution in [0.5, 0.6) is 0 Å². The Balaban J connectivity index is 1.58. The van der Waals surface area contributed by atoms with Crippen LogP contribution in [-0.4, -0.2) is 40.3 Å². The molecule has 0 radical (unpaired) electrons. The van der Waals surface area contributed by atoms with Gasteiger partial charge in [-0.15, -0.1) is 0 Å². The quantitative estimate of drug-likeness (QED) is 0.402. The van der Waals surface area contributed by atoms with Crippen LogP contribution in [0.3, 0.4) is 0 Å². The molecule has 3 aromatic carbocycles. The minimum absolute atomic E-state index is 0.415. The van der Waals surface area contributed by atoms with Crippen LogP contribution in [0.1, 0.15) is 0 Å². The minimum atomic E-state index is 0.415. The van der Waals surface area contributed by atoms with E-state index in [4.69, 9.17) is 22.0 Å². The molecule has 34 heavy (non-hydrogen) atoms. The maximum Gasteiger partial charge on any atom is 0.207 e. The van der Waals surface area contributed by atoms with Crippen LogP contribution in [0.25, 0.3) is 38.8 Å². The van der Waals surface area contributed by atoms with Crippen molar-refractivity contribution in [2.24, 2.45) is 7.05 Å². The Morgan fingerprint density at radius 3 is 2.44 bits per heavy atom. The summed E-state index contributed by atoms with van der Waals surface area (Å²) in [4.78, 5) is 7.10. The van der Waals surface area contributed by atoms with E-state index in [1.807, 2.05) is 46.6 Å². The van der Waals surface area contributed by atoms with Gasteiger partial charge in [0.25, 0.3) is 0 Å². The summed E-state index contributed by atoms with van der Waals surface area (Å²) in [5, 5.41) is 14.1. The topological polar surface area (TPSA) is 61.9 Å². The van der Waals surface area contributed by atoms with Crippen molar-refractivity contribution in [2.75, 3.05) is 31.1 Å². The van der Waals surface area contributed by atoms with Gasteiger partial charge in [0, 0.05) is 49.3 Å². The SMILES string of the molecule is Cn1c(=N)n(-c2cccc(N3CCNCC3)c2)c2c3cc(-c4ccc(Cl)cc4)ccc3ncc21. The zero-order chi connectivity index (χ0) is 23.2. The van der Waals surface area contributed by atoms with Crippen LogP contribution >= 0.6 is 11.6 Å². The van der Waals surface area contributed by atoms with Crippen molar-refractivity contribution in [3.63, 3.8) is 0 Å². The third-order valence-corrected chi connectivity index (χ3v) is 6.93. The fourth-order valence-electron chi connectivity index (χ4n) is 4.84. The molecule has 1 aliphatic rings. The number of imidazole rings is 1. The van der Waals surface area contributed by atoms with E-state index in [0.717, 1.165) is 70.0 Å². The first-order valence-corrected chi connectivity index (χ1v) is 11.8. The molecule has 2 N–H and O–H groups in total. The van der Waals surface area contributed by atoms with Crippen molar-refractivity contribution < 1.29 is 0 Å². The van der Waals surface area contributed by atoms with Gasteiger partial charge < -0.3 is 14.8 Å². The Morgan fingerprint density at radius 2 is 1.65 bits per heavy atom. The van der Waals surface area contributed by atoms with Crippen molar-refractivity contribution in [1.82, 2.24) is 19.4 Å². The second-order valence-electron chi connectivity index (χ2n) is 8.71. The number of benzene rings is 3. The van der Waals surface area contributed by atoms with Gasteiger partial charge in [-0.25, -0.2) is 0 Å². The Bertz CT molecular complexity index is 1580. The van der Waals surface area contributed by atoms with Crippen molar-refractivity contribution in [1.29, 1.82) is 5.41 Å². The highest BCUT2D eigenvalue weighted by Gasteiger charge is 2.17. The molecule has 3 heterocycles. The average Bonchev–Trinajstić information content (AvgIpc) is 3.15. The van der Waals surface area contributed by atoms with Gasteiger partial charge in [0.2, 0.25) is 5.62 Å². The lowest BCUT2D eigenvalue weighted by atomic mass is 10.0.